The summed E-state index contributed by atoms with van der Waals surface area (Å²) in [5.41, 5.74) is 6.21. The van der Waals surface area contributed by atoms with Crippen molar-refractivity contribution >= 4 is 6.09 Å². The summed E-state index contributed by atoms with van der Waals surface area (Å²) in [4.78, 5) is 12.3. The molecule has 0 aliphatic heterocycles. The molecular weight excluding hydrogens is 646 g/mol. The molecule has 3 aromatic rings. The third-order valence-electron chi connectivity index (χ3n) is 8.81. The fraction of sp³-hybridized carbons (Fsp3) is 0.548. The molecule has 3 aromatic carbocycles. The van der Waals surface area contributed by atoms with Crippen LogP contribution in [0, 0.1) is 0 Å². The second kappa shape index (κ2) is 25.5. The molecule has 1 N–H and O–H groups in total. The zero-order valence-electron chi connectivity index (χ0n) is 30.6. The van der Waals surface area contributed by atoms with E-state index in [0.29, 0.717) is 92.2 Å². The Balaban J connectivity index is 0.852. The highest BCUT2D eigenvalue weighted by atomic mass is 16.6. The van der Waals surface area contributed by atoms with Crippen molar-refractivity contribution < 1.29 is 38.0 Å². The van der Waals surface area contributed by atoms with Crippen LogP contribution in [0.15, 0.2) is 72.8 Å². The number of amides is 1. The lowest BCUT2D eigenvalue weighted by atomic mass is 9.98. The minimum Gasteiger partial charge on any atom is -0.491 e. The molecule has 51 heavy (non-hydrogen) atoms. The monoisotopic (exact) mass is 705 g/mol. The normalized spacial score (nSPS) is 12.1. The number of rotatable bonds is 29. The van der Waals surface area contributed by atoms with E-state index in [-0.39, 0.29) is 5.92 Å². The van der Waals surface area contributed by atoms with E-state index in [4.69, 9.17) is 33.2 Å². The molecule has 9 heteroatoms. The molecule has 0 spiro atoms. The first kappa shape index (κ1) is 40.3. The van der Waals surface area contributed by atoms with Crippen LogP contribution in [-0.2, 0) is 34.8 Å². The molecule has 280 valence electrons. The number of alkyl carbamates (subject to hydrolysis) is 1. The maximum Gasteiger partial charge on any atom is 0.407 e. The Hall–Kier alpha value is -3.47. The van der Waals surface area contributed by atoms with Crippen LogP contribution in [-0.4, -0.2) is 91.9 Å². The fourth-order valence-corrected chi connectivity index (χ4v) is 6.08. The maximum atomic E-state index is 12.3. The molecule has 0 aromatic heterocycles. The largest absolute Gasteiger partial charge is 0.491 e. The average molecular weight is 706 g/mol. The van der Waals surface area contributed by atoms with Gasteiger partial charge in [0.2, 0.25) is 0 Å². The number of hydrogen-bond acceptors (Lipinski definition) is 8. The summed E-state index contributed by atoms with van der Waals surface area (Å²) in [6, 6.07) is 25.0. The van der Waals surface area contributed by atoms with Crippen LogP contribution in [0.25, 0.3) is 11.1 Å². The van der Waals surface area contributed by atoms with Gasteiger partial charge in [-0.15, -0.1) is 0 Å². The Labute approximate surface area is 305 Å². The van der Waals surface area contributed by atoms with Gasteiger partial charge in [-0.1, -0.05) is 99.7 Å². The van der Waals surface area contributed by atoms with Gasteiger partial charge in [0.05, 0.1) is 59.5 Å². The average Bonchev–Trinajstić information content (AvgIpc) is 3.48. The van der Waals surface area contributed by atoms with Crippen molar-refractivity contribution in [3.8, 4) is 16.9 Å². The molecule has 0 fully saturated rings. The van der Waals surface area contributed by atoms with Crippen molar-refractivity contribution in [1.82, 2.24) is 5.32 Å². The number of unbranched alkanes of at least 4 members (excludes halogenated alkanes) is 5. The summed E-state index contributed by atoms with van der Waals surface area (Å²) in [5, 5.41) is 2.81. The lowest BCUT2D eigenvalue weighted by Crippen LogP contribution is -2.27. The lowest BCUT2D eigenvalue weighted by molar-refractivity contribution is -0.0127. The van der Waals surface area contributed by atoms with Crippen LogP contribution in [0.3, 0.4) is 0 Å². The SMILES string of the molecule is CCCCCCCCc1ccc(OCCOCCOCCOCCOCCOCCCNC(=O)OCC2c3ccccc3-c3ccccc32)cc1. The first-order valence-corrected chi connectivity index (χ1v) is 19.0. The number of nitrogens with one attached hydrogen (secondary N) is 1. The third-order valence-corrected chi connectivity index (χ3v) is 8.81. The molecule has 0 unspecified atom stereocenters. The van der Waals surface area contributed by atoms with Crippen LogP contribution >= 0.6 is 0 Å². The second-order valence-electron chi connectivity index (χ2n) is 12.7. The number of ether oxygens (including phenoxy) is 7. The summed E-state index contributed by atoms with van der Waals surface area (Å²) in [7, 11) is 0. The van der Waals surface area contributed by atoms with Gasteiger partial charge in [-0.3, -0.25) is 0 Å². The Morgan fingerprint density at radius 1 is 0.569 bits per heavy atom. The molecule has 1 aliphatic carbocycles. The molecule has 4 rings (SSSR count). The van der Waals surface area contributed by atoms with Crippen molar-refractivity contribution in [1.29, 1.82) is 0 Å². The number of benzene rings is 3. The quantitative estimate of drug-likeness (QED) is 0.0727. The molecule has 0 radical (unpaired) electrons. The molecule has 1 amide bonds. The molecule has 0 atom stereocenters. The highest BCUT2D eigenvalue weighted by molar-refractivity contribution is 5.79. The summed E-state index contributed by atoms with van der Waals surface area (Å²) in [6.07, 6.45) is 9.36. The van der Waals surface area contributed by atoms with Crippen molar-refractivity contribution in [3.05, 3.63) is 89.5 Å². The maximum absolute atomic E-state index is 12.3. The van der Waals surface area contributed by atoms with E-state index in [1.165, 1.54) is 66.3 Å². The summed E-state index contributed by atoms with van der Waals surface area (Å²) < 4.78 is 39.2. The number of carbonyl (C=O) groups is 1. The lowest BCUT2D eigenvalue weighted by Gasteiger charge is -2.14. The van der Waals surface area contributed by atoms with Gasteiger partial charge >= 0.3 is 6.09 Å². The summed E-state index contributed by atoms with van der Waals surface area (Å²) in [6.45, 7) is 8.68. The molecule has 1 aliphatic rings. The Kier molecular flexibility index (Phi) is 20.1. The van der Waals surface area contributed by atoms with Crippen LogP contribution in [0.2, 0.25) is 0 Å². The molecule has 9 nitrogen and oxygen atoms in total. The first-order valence-electron chi connectivity index (χ1n) is 19.0. The number of fused-ring (bicyclic) bond motifs is 3. The van der Waals surface area contributed by atoms with Crippen LogP contribution < -0.4 is 10.1 Å². The van der Waals surface area contributed by atoms with Gasteiger partial charge in [0.1, 0.15) is 19.0 Å². The van der Waals surface area contributed by atoms with E-state index in [9.17, 15) is 4.79 Å². The van der Waals surface area contributed by atoms with Crippen molar-refractivity contribution in [2.24, 2.45) is 0 Å². The van der Waals surface area contributed by atoms with Crippen LogP contribution in [0.4, 0.5) is 4.79 Å². The van der Waals surface area contributed by atoms with Gasteiger partial charge in [-0.2, -0.15) is 0 Å². The Bertz CT molecular complexity index is 1310. The zero-order valence-corrected chi connectivity index (χ0v) is 30.6. The third kappa shape index (κ3) is 15.8. The van der Waals surface area contributed by atoms with Gasteiger partial charge in [-0.05, 0) is 59.2 Å². The summed E-state index contributed by atoms with van der Waals surface area (Å²) in [5.74, 6) is 0.939. The van der Waals surface area contributed by atoms with E-state index in [2.05, 4.69) is 48.6 Å². The molecule has 0 saturated carbocycles. The number of carbonyl (C=O) groups excluding carboxylic acids is 1. The van der Waals surface area contributed by atoms with Gasteiger partial charge < -0.3 is 38.5 Å². The van der Waals surface area contributed by atoms with Gasteiger partial charge in [-0.25, -0.2) is 4.79 Å². The van der Waals surface area contributed by atoms with Crippen molar-refractivity contribution in [3.63, 3.8) is 0 Å². The predicted molar refractivity (Wildman–Crippen MR) is 201 cm³/mol. The smallest absolute Gasteiger partial charge is 0.407 e. The van der Waals surface area contributed by atoms with E-state index in [1.807, 2.05) is 36.4 Å². The zero-order chi connectivity index (χ0) is 35.6. The Morgan fingerprint density at radius 3 is 1.67 bits per heavy atom. The van der Waals surface area contributed by atoms with E-state index in [0.717, 1.165) is 12.2 Å². The van der Waals surface area contributed by atoms with E-state index >= 15 is 0 Å². The van der Waals surface area contributed by atoms with Crippen LogP contribution in [0.1, 0.15) is 74.5 Å². The fourth-order valence-electron chi connectivity index (χ4n) is 6.08. The minimum atomic E-state index is -0.407. The Morgan fingerprint density at radius 2 is 1.08 bits per heavy atom. The molecular formula is C42H59NO8. The molecule has 0 heterocycles. The van der Waals surface area contributed by atoms with Crippen molar-refractivity contribution in [2.75, 3.05) is 85.8 Å². The standard InChI is InChI=1S/C42H59NO8/c1-2-3-4-5-6-7-13-35-18-20-36(21-19-35)50-33-32-49-31-30-48-29-28-47-27-26-46-25-24-45-23-12-22-43-42(44)51-34-41-39-16-10-8-14-37(39)38-15-9-11-17-40(38)41/h8-11,14-21,41H,2-7,12-13,22-34H2,1H3,(H,43,44). The second-order valence-corrected chi connectivity index (χ2v) is 12.7. The van der Waals surface area contributed by atoms with E-state index < -0.39 is 6.09 Å². The number of aryl methyl sites for hydroxylation is 1. The van der Waals surface area contributed by atoms with Gasteiger partial charge in [0.25, 0.3) is 0 Å². The molecule has 0 bridgehead atoms. The van der Waals surface area contributed by atoms with Crippen LogP contribution in [0.5, 0.6) is 5.75 Å². The summed E-state index contributed by atoms with van der Waals surface area (Å²) >= 11 is 0. The highest BCUT2D eigenvalue weighted by Crippen LogP contribution is 2.44. The topological polar surface area (TPSA) is 93.7 Å². The predicted octanol–water partition coefficient (Wildman–Crippen LogP) is 7.98. The number of hydrogen-bond donors (Lipinski definition) is 1. The highest BCUT2D eigenvalue weighted by Gasteiger charge is 2.28. The van der Waals surface area contributed by atoms with E-state index in [1.54, 1.807) is 0 Å². The molecule has 0 saturated heterocycles. The van der Waals surface area contributed by atoms with Gasteiger partial charge in [0.15, 0.2) is 0 Å². The minimum absolute atomic E-state index is 0.0564. The first-order chi connectivity index (χ1) is 25.3. The van der Waals surface area contributed by atoms with Gasteiger partial charge in [0, 0.05) is 19.1 Å². The van der Waals surface area contributed by atoms with Crippen molar-refractivity contribution in [2.45, 2.75) is 64.2 Å².